The summed E-state index contributed by atoms with van der Waals surface area (Å²) >= 11 is 5.84. The van der Waals surface area contributed by atoms with Gasteiger partial charge in [0.25, 0.3) is 5.91 Å². The van der Waals surface area contributed by atoms with Crippen LogP contribution in [0.3, 0.4) is 0 Å². The van der Waals surface area contributed by atoms with Crippen LogP contribution in [0.15, 0.2) is 18.3 Å². The first-order chi connectivity index (χ1) is 14.3. The second kappa shape index (κ2) is 9.80. The number of piperidine rings is 1. The zero-order chi connectivity index (χ0) is 21.7. The molecular formula is C20H26ClN7O2. The Morgan fingerprint density at radius 1 is 1.33 bits per heavy atom. The van der Waals surface area contributed by atoms with Gasteiger partial charge in [0, 0.05) is 30.5 Å². The molecule has 0 radical (unpaired) electrons. The van der Waals surface area contributed by atoms with E-state index in [4.69, 9.17) is 17.3 Å². The van der Waals surface area contributed by atoms with E-state index >= 15 is 0 Å². The summed E-state index contributed by atoms with van der Waals surface area (Å²) in [7, 11) is 0. The van der Waals surface area contributed by atoms with Crippen LogP contribution in [0, 0.1) is 12.8 Å². The summed E-state index contributed by atoms with van der Waals surface area (Å²) in [5, 5.41) is 10.3. The van der Waals surface area contributed by atoms with Gasteiger partial charge in [-0.05, 0) is 69.2 Å². The molecule has 160 valence electrons. The van der Waals surface area contributed by atoms with Crippen molar-refractivity contribution in [2.75, 3.05) is 18.8 Å². The Bertz CT molecular complexity index is 878. The van der Waals surface area contributed by atoms with Crippen molar-refractivity contribution < 1.29 is 9.59 Å². The quantitative estimate of drug-likeness (QED) is 0.667. The fourth-order valence-corrected chi connectivity index (χ4v) is 3.93. The maximum absolute atomic E-state index is 12.7. The standard InChI is InChI=1S/C20H26ClN7O2/c1-12-15(17(22)26-20(21)25-12)6-5-14-7-10-28(11-8-14)19(30)13(2)24-18(29)16-4-3-9-23-27-16/h3-4,9,13-14H,5-8,10-11H2,1-2H3,(H,24,29)(H2,22,25,26)/t13-/m0/s1. The number of aromatic nitrogens is 4. The molecule has 0 aliphatic carbocycles. The van der Waals surface area contributed by atoms with Crippen molar-refractivity contribution in [3.63, 3.8) is 0 Å². The molecule has 0 bridgehead atoms. The lowest BCUT2D eigenvalue weighted by atomic mass is 9.90. The zero-order valence-electron chi connectivity index (χ0n) is 17.1. The van der Waals surface area contributed by atoms with Gasteiger partial charge >= 0.3 is 0 Å². The van der Waals surface area contributed by atoms with Crippen molar-refractivity contribution in [3.05, 3.63) is 40.6 Å². The minimum atomic E-state index is -0.621. The molecule has 1 aliphatic heterocycles. The van der Waals surface area contributed by atoms with Gasteiger partial charge in [0.15, 0.2) is 5.69 Å². The lowest BCUT2D eigenvalue weighted by Crippen LogP contribution is -2.49. The number of nitrogens with two attached hydrogens (primary N) is 1. The molecule has 9 nitrogen and oxygen atoms in total. The molecular weight excluding hydrogens is 406 g/mol. The van der Waals surface area contributed by atoms with E-state index < -0.39 is 11.9 Å². The predicted octanol–water partition coefficient (Wildman–Crippen LogP) is 1.80. The van der Waals surface area contributed by atoms with Crippen LogP contribution < -0.4 is 11.1 Å². The Morgan fingerprint density at radius 3 is 2.70 bits per heavy atom. The summed E-state index contributed by atoms with van der Waals surface area (Å²) in [6.07, 6.45) is 5.05. The molecule has 1 fully saturated rings. The van der Waals surface area contributed by atoms with Crippen LogP contribution >= 0.6 is 11.6 Å². The minimum Gasteiger partial charge on any atom is -0.383 e. The number of nitrogens with one attached hydrogen (secondary N) is 1. The number of nitrogen functional groups attached to an aromatic ring is 1. The van der Waals surface area contributed by atoms with Gasteiger partial charge in [-0.2, -0.15) is 5.10 Å². The van der Waals surface area contributed by atoms with E-state index in [-0.39, 0.29) is 16.9 Å². The van der Waals surface area contributed by atoms with Gasteiger partial charge in [0.1, 0.15) is 11.9 Å². The van der Waals surface area contributed by atoms with E-state index in [2.05, 4.69) is 25.5 Å². The van der Waals surface area contributed by atoms with Crippen molar-refractivity contribution in [1.29, 1.82) is 0 Å². The maximum atomic E-state index is 12.7. The van der Waals surface area contributed by atoms with Gasteiger partial charge in [-0.15, -0.1) is 5.10 Å². The minimum absolute atomic E-state index is 0.0862. The maximum Gasteiger partial charge on any atom is 0.272 e. The van der Waals surface area contributed by atoms with E-state index in [0.717, 1.165) is 36.9 Å². The first-order valence-corrected chi connectivity index (χ1v) is 10.4. The number of hydrogen-bond acceptors (Lipinski definition) is 7. The zero-order valence-corrected chi connectivity index (χ0v) is 17.9. The summed E-state index contributed by atoms with van der Waals surface area (Å²) < 4.78 is 0. The molecule has 0 aromatic carbocycles. The molecule has 1 atom stereocenters. The molecule has 1 aliphatic rings. The third-order valence-electron chi connectivity index (χ3n) is 5.47. The Labute approximate surface area is 180 Å². The van der Waals surface area contributed by atoms with Crippen molar-refractivity contribution >= 4 is 29.2 Å². The van der Waals surface area contributed by atoms with E-state index in [0.29, 0.717) is 24.8 Å². The van der Waals surface area contributed by atoms with Crippen LogP contribution in [-0.2, 0) is 11.2 Å². The molecule has 3 rings (SSSR count). The fourth-order valence-electron chi connectivity index (χ4n) is 3.71. The summed E-state index contributed by atoms with van der Waals surface area (Å²) in [6.45, 7) is 4.91. The first kappa shape index (κ1) is 21.9. The van der Waals surface area contributed by atoms with Crippen LogP contribution in [-0.4, -0.2) is 56.0 Å². The number of anilines is 1. The van der Waals surface area contributed by atoms with Gasteiger partial charge < -0.3 is 16.0 Å². The highest BCUT2D eigenvalue weighted by atomic mass is 35.5. The average Bonchev–Trinajstić information content (AvgIpc) is 2.73. The Morgan fingerprint density at radius 2 is 2.07 bits per heavy atom. The number of hydrogen-bond donors (Lipinski definition) is 2. The highest BCUT2D eigenvalue weighted by Crippen LogP contribution is 2.25. The summed E-state index contributed by atoms with van der Waals surface area (Å²) in [5.41, 5.74) is 7.93. The first-order valence-electron chi connectivity index (χ1n) is 10.0. The van der Waals surface area contributed by atoms with Gasteiger partial charge in [0.05, 0.1) is 0 Å². The van der Waals surface area contributed by atoms with Crippen LogP contribution in [0.5, 0.6) is 0 Å². The lowest BCUT2D eigenvalue weighted by Gasteiger charge is -2.33. The predicted molar refractivity (Wildman–Crippen MR) is 113 cm³/mol. The highest BCUT2D eigenvalue weighted by Gasteiger charge is 2.27. The van der Waals surface area contributed by atoms with Gasteiger partial charge in [0.2, 0.25) is 11.2 Å². The second-order valence-corrected chi connectivity index (χ2v) is 7.89. The number of carbonyl (C=O) groups excluding carboxylic acids is 2. The van der Waals surface area contributed by atoms with E-state index in [1.165, 1.54) is 6.20 Å². The topological polar surface area (TPSA) is 127 Å². The third kappa shape index (κ3) is 5.41. The number of rotatable bonds is 6. The molecule has 0 saturated carbocycles. The summed E-state index contributed by atoms with van der Waals surface area (Å²) in [5.74, 6) is 0.440. The van der Waals surface area contributed by atoms with E-state index in [1.807, 2.05) is 11.8 Å². The van der Waals surface area contributed by atoms with Gasteiger partial charge in [-0.1, -0.05) is 0 Å². The van der Waals surface area contributed by atoms with Crippen LogP contribution in [0.25, 0.3) is 0 Å². The third-order valence-corrected chi connectivity index (χ3v) is 5.64. The van der Waals surface area contributed by atoms with Gasteiger partial charge in [-0.25, -0.2) is 9.97 Å². The number of amides is 2. The van der Waals surface area contributed by atoms with Crippen molar-refractivity contribution in [1.82, 2.24) is 30.4 Å². The van der Waals surface area contributed by atoms with Crippen LogP contribution in [0.1, 0.15) is 47.9 Å². The number of aryl methyl sites for hydroxylation is 1. The molecule has 10 heteroatoms. The van der Waals surface area contributed by atoms with Crippen molar-refractivity contribution in [2.45, 2.75) is 45.6 Å². The fraction of sp³-hybridized carbons (Fsp3) is 0.500. The second-order valence-electron chi connectivity index (χ2n) is 7.55. The van der Waals surface area contributed by atoms with Crippen LogP contribution in [0.4, 0.5) is 5.82 Å². The smallest absolute Gasteiger partial charge is 0.272 e. The lowest BCUT2D eigenvalue weighted by molar-refractivity contribution is -0.134. The molecule has 30 heavy (non-hydrogen) atoms. The van der Waals surface area contributed by atoms with E-state index in [1.54, 1.807) is 19.1 Å². The average molecular weight is 432 g/mol. The molecule has 3 N–H and O–H groups in total. The number of likely N-dealkylation sites (tertiary alicyclic amines) is 1. The normalized spacial score (nSPS) is 15.6. The van der Waals surface area contributed by atoms with Crippen molar-refractivity contribution in [3.8, 4) is 0 Å². The molecule has 2 amide bonds. The summed E-state index contributed by atoms with van der Waals surface area (Å²) in [6, 6.07) is 2.57. The molecule has 2 aromatic heterocycles. The molecule has 0 unspecified atom stereocenters. The molecule has 1 saturated heterocycles. The van der Waals surface area contributed by atoms with E-state index in [9.17, 15) is 9.59 Å². The monoisotopic (exact) mass is 431 g/mol. The van der Waals surface area contributed by atoms with Crippen molar-refractivity contribution in [2.24, 2.45) is 5.92 Å². The van der Waals surface area contributed by atoms with Crippen LogP contribution in [0.2, 0.25) is 5.28 Å². The Balaban J connectivity index is 1.47. The summed E-state index contributed by atoms with van der Waals surface area (Å²) in [4.78, 5) is 34.9. The molecule has 3 heterocycles. The number of carbonyl (C=O) groups is 2. The number of halogens is 1. The SMILES string of the molecule is Cc1nc(Cl)nc(N)c1CCC1CCN(C(=O)[C@H](C)NC(=O)c2cccnn2)CC1. The molecule has 2 aromatic rings. The largest absolute Gasteiger partial charge is 0.383 e. The Hall–Kier alpha value is -2.81. The highest BCUT2D eigenvalue weighted by molar-refractivity contribution is 6.28. The van der Waals surface area contributed by atoms with Gasteiger partial charge in [-0.3, -0.25) is 9.59 Å². The number of nitrogens with zero attached hydrogens (tertiary/aromatic N) is 5. The molecule has 0 spiro atoms. The Kier molecular flexibility index (Phi) is 7.15.